The maximum absolute atomic E-state index is 13.0. The molecule has 1 aromatic heterocycles. The first kappa shape index (κ1) is 16.4. The highest BCUT2D eigenvalue weighted by Gasteiger charge is 2.18. The molecule has 0 fully saturated rings. The number of amides is 1. The maximum Gasteiger partial charge on any atom is 0.251 e. The fourth-order valence-corrected chi connectivity index (χ4v) is 2.44. The van der Waals surface area contributed by atoms with Gasteiger partial charge in [-0.1, -0.05) is 12.1 Å². The predicted molar refractivity (Wildman–Crippen MR) is 86.0 cm³/mol. The molecule has 6 heteroatoms. The van der Waals surface area contributed by atoms with E-state index in [0.717, 1.165) is 10.0 Å². The Balaban J connectivity index is 2.13. The van der Waals surface area contributed by atoms with Crippen molar-refractivity contribution in [1.29, 1.82) is 0 Å². The third-order valence-electron chi connectivity index (χ3n) is 3.58. The molecule has 2 aromatic rings. The molecule has 4 nitrogen and oxygen atoms in total. The molecule has 2 rings (SSSR count). The highest BCUT2D eigenvalue weighted by atomic mass is 79.9. The fraction of sp³-hybridized carbons (Fsp3) is 0.250. The van der Waals surface area contributed by atoms with Crippen LogP contribution in [0.4, 0.5) is 4.39 Å². The largest absolute Gasteiger partial charge is 0.337 e. The lowest BCUT2D eigenvalue weighted by atomic mass is 10.1. The monoisotopic (exact) mass is 366 g/mol. The van der Waals surface area contributed by atoms with Crippen LogP contribution >= 0.6 is 15.9 Å². The van der Waals surface area contributed by atoms with Gasteiger partial charge < -0.3 is 9.47 Å². The van der Waals surface area contributed by atoms with E-state index in [1.807, 2.05) is 6.92 Å². The van der Waals surface area contributed by atoms with Crippen molar-refractivity contribution in [1.82, 2.24) is 9.47 Å². The van der Waals surface area contributed by atoms with E-state index < -0.39 is 0 Å². The van der Waals surface area contributed by atoms with Crippen molar-refractivity contribution in [2.24, 2.45) is 0 Å². The average Bonchev–Trinajstić information content (AvgIpc) is 2.50. The number of carbonyl (C=O) groups is 1. The molecule has 1 heterocycles. The molecule has 0 bridgehead atoms. The van der Waals surface area contributed by atoms with Gasteiger partial charge in [0.25, 0.3) is 5.56 Å². The normalized spacial score (nSPS) is 12.0. The van der Waals surface area contributed by atoms with Gasteiger partial charge in [-0.25, -0.2) is 4.39 Å². The predicted octanol–water partition coefficient (Wildman–Crippen LogP) is 2.97. The van der Waals surface area contributed by atoms with Crippen molar-refractivity contribution in [3.05, 3.63) is 68.8 Å². The number of hydrogen-bond donors (Lipinski definition) is 0. The molecule has 1 aromatic carbocycles. The minimum atomic E-state index is -0.314. The molecule has 1 amide bonds. The third kappa shape index (κ3) is 3.82. The van der Waals surface area contributed by atoms with Crippen LogP contribution in [0.15, 0.2) is 51.9 Å². The summed E-state index contributed by atoms with van der Waals surface area (Å²) >= 11 is 3.28. The SMILES string of the molecule is CC(c1ccc(F)cc1)N(C)C(=O)Cn1cc(Br)ccc1=O. The Labute approximate surface area is 136 Å². The molecule has 0 radical (unpaired) electrons. The number of pyridine rings is 1. The second-order valence-corrected chi connectivity index (χ2v) is 5.96. The van der Waals surface area contributed by atoms with Crippen LogP contribution in [0.2, 0.25) is 0 Å². The zero-order valence-electron chi connectivity index (χ0n) is 12.3. The standard InChI is InChI=1S/C16H16BrFN2O2/c1-11(12-3-6-14(18)7-4-12)19(2)16(22)10-20-9-13(17)5-8-15(20)21/h3-9,11H,10H2,1-2H3. The van der Waals surface area contributed by atoms with Gasteiger partial charge in [-0.15, -0.1) is 0 Å². The molecule has 0 spiro atoms. The van der Waals surface area contributed by atoms with Crippen LogP contribution in [0.25, 0.3) is 0 Å². The van der Waals surface area contributed by atoms with Crippen LogP contribution < -0.4 is 5.56 Å². The zero-order valence-corrected chi connectivity index (χ0v) is 13.9. The summed E-state index contributed by atoms with van der Waals surface area (Å²) in [4.78, 5) is 25.6. The van der Waals surface area contributed by atoms with Gasteiger partial charge >= 0.3 is 0 Å². The van der Waals surface area contributed by atoms with Crippen molar-refractivity contribution >= 4 is 21.8 Å². The van der Waals surface area contributed by atoms with E-state index in [2.05, 4.69) is 15.9 Å². The molecule has 0 saturated carbocycles. The second kappa shape index (κ2) is 6.87. The first-order chi connectivity index (χ1) is 10.4. The highest BCUT2D eigenvalue weighted by molar-refractivity contribution is 9.10. The van der Waals surface area contributed by atoms with Crippen molar-refractivity contribution in [3.63, 3.8) is 0 Å². The second-order valence-electron chi connectivity index (χ2n) is 5.05. The lowest BCUT2D eigenvalue weighted by molar-refractivity contribution is -0.132. The Morgan fingerprint density at radius 3 is 2.55 bits per heavy atom. The summed E-state index contributed by atoms with van der Waals surface area (Å²) in [6.45, 7) is 1.81. The van der Waals surface area contributed by atoms with E-state index >= 15 is 0 Å². The molecular weight excluding hydrogens is 351 g/mol. The van der Waals surface area contributed by atoms with E-state index in [1.165, 1.54) is 22.8 Å². The van der Waals surface area contributed by atoms with E-state index in [-0.39, 0.29) is 29.9 Å². The number of hydrogen-bond acceptors (Lipinski definition) is 2. The van der Waals surface area contributed by atoms with Crippen molar-refractivity contribution in [3.8, 4) is 0 Å². The summed E-state index contributed by atoms with van der Waals surface area (Å²) < 4.78 is 15.0. The zero-order chi connectivity index (χ0) is 16.3. The van der Waals surface area contributed by atoms with Gasteiger partial charge in [-0.3, -0.25) is 9.59 Å². The average molecular weight is 367 g/mol. The van der Waals surface area contributed by atoms with Crippen LogP contribution in [-0.2, 0) is 11.3 Å². The molecular formula is C16H16BrFN2O2. The molecule has 0 saturated heterocycles. The number of benzene rings is 1. The summed E-state index contributed by atoms with van der Waals surface area (Å²) in [7, 11) is 1.67. The van der Waals surface area contributed by atoms with Gasteiger partial charge in [0.15, 0.2) is 0 Å². The summed E-state index contributed by atoms with van der Waals surface area (Å²) in [5.74, 6) is -0.511. The number of halogens is 2. The minimum absolute atomic E-state index is 0.0414. The third-order valence-corrected chi connectivity index (χ3v) is 4.05. The van der Waals surface area contributed by atoms with Gasteiger partial charge in [0, 0.05) is 23.8 Å². The fourth-order valence-electron chi connectivity index (χ4n) is 2.06. The number of aromatic nitrogens is 1. The van der Waals surface area contributed by atoms with Crippen molar-refractivity contribution in [2.75, 3.05) is 7.05 Å². The molecule has 0 aliphatic carbocycles. The molecule has 0 N–H and O–H groups in total. The van der Waals surface area contributed by atoms with E-state index in [9.17, 15) is 14.0 Å². The van der Waals surface area contributed by atoms with Gasteiger partial charge in [-0.2, -0.15) is 0 Å². The van der Waals surface area contributed by atoms with E-state index in [0.29, 0.717) is 0 Å². The van der Waals surface area contributed by atoms with Crippen LogP contribution in [-0.4, -0.2) is 22.4 Å². The Morgan fingerprint density at radius 1 is 1.27 bits per heavy atom. The minimum Gasteiger partial charge on any atom is -0.337 e. The van der Waals surface area contributed by atoms with Crippen molar-refractivity contribution < 1.29 is 9.18 Å². The number of carbonyl (C=O) groups excluding carboxylic acids is 1. The molecule has 1 unspecified atom stereocenters. The lowest BCUT2D eigenvalue weighted by Crippen LogP contribution is -2.35. The Morgan fingerprint density at radius 2 is 1.91 bits per heavy atom. The molecule has 22 heavy (non-hydrogen) atoms. The summed E-state index contributed by atoms with van der Waals surface area (Å²) in [5, 5.41) is 0. The summed E-state index contributed by atoms with van der Waals surface area (Å²) in [6.07, 6.45) is 1.58. The topological polar surface area (TPSA) is 42.3 Å². The van der Waals surface area contributed by atoms with Crippen LogP contribution in [0.5, 0.6) is 0 Å². The van der Waals surface area contributed by atoms with Crippen LogP contribution in [0, 0.1) is 5.82 Å². The van der Waals surface area contributed by atoms with Crippen LogP contribution in [0.3, 0.4) is 0 Å². The van der Waals surface area contributed by atoms with E-state index in [1.54, 1.807) is 36.3 Å². The molecule has 0 aliphatic rings. The quantitative estimate of drug-likeness (QED) is 0.834. The van der Waals surface area contributed by atoms with Crippen LogP contribution in [0.1, 0.15) is 18.5 Å². The maximum atomic E-state index is 13.0. The Kier molecular flexibility index (Phi) is 5.13. The summed E-state index contributed by atoms with van der Waals surface area (Å²) in [6, 6.07) is 8.85. The highest BCUT2D eigenvalue weighted by Crippen LogP contribution is 2.19. The van der Waals surface area contributed by atoms with Crippen molar-refractivity contribution in [2.45, 2.75) is 19.5 Å². The number of likely N-dealkylation sites (N-methyl/N-ethyl adjacent to an activating group) is 1. The number of nitrogens with zero attached hydrogens (tertiary/aromatic N) is 2. The smallest absolute Gasteiger partial charge is 0.251 e. The number of rotatable bonds is 4. The summed E-state index contributed by atoms with van der Waals surface area (Å²) in [5.41, 5.74) is 0.596. The first-order valence-electron chi connectivity index (χ1n) is 6.75. The van der Waals surface area contributed by atoms with Gasteiger partial charge in [0.1, 0.15) is 12.4 Å². The molecule has 1 atom stereocenters. The first-order valence-corrected chi connectivity index (χ1v) is 7.55. The Hall–Kier alpha value is -1.95. The van der Waals surface area contributed by atoms with Gasteiger partial charge in [0.05, 0.1) is 6.04 Å². The van der Waals surface area contributed by atoms with E-state index in [4.69, 9.17) is 0 Å². The van der Waals surface area contributed by atoms with Gasteiger partial charge in [0.2, 0.25) is 5.91 Å². The molecule has 116 valence electrons. The molecule has 0 aliphatic heterocycles. The Bertz CT molecular complexity index is 728. The van der Waals surface area contributed by atoms with Gasteiger partial charge in [-0.05, 0) is 46.6 Å². The lowest BCUT2D eigenvalue weighted by Gasteiger charge is -2.25.